The molecule has 7 nitrogen and oxygen atoms in total. The maximum absolute atomic E-state index is 12.2. The van der Waals surface area contributed by atoms with Gasteiger partial charge in [0.25, 0.3) is 5.91 Å². The standard InChI is InChI=1S/C14H17N5O2/c20-13(15-9-14(21)6-1-2-7-14)11-4-3-5-12(8-11)19-10-16-17-18-19/h3-5,8,10,21H,1-2,6-7,9H2,(H,15,20). The normalized spacial score (nSPS) is 16.8. The highest BCUT2D eigenvalue weighted by Crippen LogP contribution is 2.28. The lowest BCUT2D eigenvalue weighted by atomic mass is 10.0. The highest BCUT2D eigenvalue weighted by atomic mass is 16.3. The molecule has 1 heterocycles. The Kier molecular flexibility index (Phi) is 3.66. The van der Waals surface area contributed by atoms with Gasteiger partial charge in [-0.2, -0.15) is 0 Å². The first-order chi connectivity index (χ1) is 10.2. The maximum Gasteiger partial charge on any atom is 0.251 e. The van der Waals surface area contributed by atoms with E-state index in [2.05, 4.69) is 20.8 Å². The molecule has 21 heavy (non-hydrogen) atoms. The van der Waals surface area contributed by atoms with Gasteiger partial charge in [0.05, 0.1) is 11.3 Å². The average Bonchev–Trinajstić information content (AvgIpc) is 3.17. The molecule has 2 aromatic rings. The number of rotatable bonds is 4. The molecule has 1 fully saturated rings. The summed E-state index contributed by atoms with van der Waals surface area (Å²) in [5, 5.41) is 24.0. The molecule has 1 saturated carbocycles. The lowest BCUT2D eigenvalue weighted by molar-refractivity contribution is 0.0449. The smallest absolute Gasteiger partial charge is 0.251 e. The summed E-state index contributed by atoms with van der Waals surface area (Å²) in [5.41, 5.74) is 0.486. The molecule has 3 rings (SSSR count). The summed E-state index contributed by atoms with van der Waals surface area (Å²) in [4.78, 5) is 12.2. The molecule has 110 valence electrons. The highest BCUT2D eigenvalue weighted by molar-refractivity contribution is 5.94. The Hall–Kier alpha value is -2.28. The fourth-order valence-corrected chi connectivity index (χ4v) is 2.63. The Morgan fingerprint density at radius 2 is 2.19 bits per heavy atom. The van der Waals surface area contributed by atoms with Crippen molar-refractivity contribution < 1.29 is 9.90 Å². The van der Waals surface area contributed by atoms with Gasteiger partial charge in [0.2, 0.25) is 0 Å². The van der Waals surface area contributed by atoms with Crippen LogP contribution < -0.4 is 5.32 Å². The Morgan fingerprint density at radius 3 is 2.90 bits per heavy atom. The average molecular weight is 287 g/mol. The molecule has 0 aliphatic heterocycles. The zero-order valence-electron chi connectivity index (χ0n) is 11.6. The van der Waals surface area contributed by atoms with Crippen molar-refractivity contribution in [1.29, 1.82) is 0 Å². The number of benzene rings is 1. The number of hydrogen-bond acceptors (Lipinski definition) is 5. The van der Waals surface area contributed by atoms with Crippen LogP contribution in [0.5, 0.6) is 0 Å². The molecule has 2 N–H and O–H groups in total. The number of tetrazole rings is 1. The lowest BCUT2D eigenvalue weighted by Crippen LogP contribution is -2.40. The van der Waals surface area contributed by atoms with Crippen LogP contribution in [0, 0.1) is 0 Å². The van der Waals surface area contributed by atoms with Crippen LogP contribution in [0.4, 0.5) is 0 Å². The van der Waals surface area contributed by atoms with Crippen LogP contribution in [0.15, 0.2) is 30.6 Å². The number of amides is 1. The van der Waals surface area contributed by atoms with E-state index in [1.54, 1.807) is 18.2 Å². The van der Waals surface area contributed by atoms with Crippen molar-refractivity contribution in [2.45, 2.75) is 31.3 Å². The van der Waals surface area contributed by atoms with E-state index >= 15 is 0 Å². The van der Waals surface area contributed by atoms with Crippen molar-refractivity contribution in [2.75, 3.05) is 6.54 Å². The lowest BCUT2D eigenvalue weighted by Gasteiger charge is -2.22. The number of carbonyl (C=O) groups excluding carboxylic acids is 1. The van der Waals surface area contributed by atoms with Gasteiger partial charge >= 0.3 is 0 Å². The second-order valence-electron chi connectivity index (χ2n) is 5.42. The van der Waals surface area contributed by atoms with Crippen molar-refractivity contribution >= 4 is 5.91 Å². The third kappa shape index (κ3) is 3.08. The van der Waals surface area contributed by atoms with E-state index in [-0.39, 0.29) is 5.91 Å². The topological polar surface area (TPSA) is 92.9 Å². The zero-order valence-corrected chi connectivity index (χ0v) is 11.6. The maximum atomic E-state index is 12.2. The number of nitrogens with one attached hydrogen (secondary N) is 1. The predicted octanol–water partition coefficient (Wildman–Crippen LogP) is 0.697. The van der Waals surface area contributed by atoms with Gasteiger partial charge in [-0.25, -0.2) is 4.68 Å². The molecule has 0 atom stereocenters. The minimum atomic E-state index is -0.747. The first kappa shape index (κ1) is 13.7. The van der Waals surface area contributed by atoms with Crippen molar-refractivity contribution in [1.82, 2.24) is 25.5 Å². The first-order valence-electron chi connectivity index (χ1n) is 7.00. The quantitative estimate of drug-likeness (QED) is 0.863. The Bertz CT molecular complexity index is 620. The van der Waals surface area contributed by atoms with Gasteiger partial charge in [0.15, 0.2) is 0 Å². The number of nitrogens with zero attached hydrogens (tertiary/aromatic N) is 4. The second-order valence-corrected chi connectivity index (χ2v) is 5.42. The summed E-state index contributed by atoms with van der Waals surface area (Å²) in [7, 11) is 0. The fourth-order valence-electron chi connectivity index (χ4n) is 2.63. The van der Waals surface area contributed by atoms with Crippen LogP contribution in [0.1, 0.15) is 36.0 Å². The number of hydrogen-bond donors (Lipinski definition) is 2. The number of carbonyl (C=O) groups is 1. The highest BCUT2D eigenvalue weighted by Gasteiger charge is 2.31. The second kappa shape index (κ2) is 5.61. The summed E-state index contributed by atoms with van der Waals surface area (Å²) in [6.07, 6.45) is 5.00. The minimum Gasteiger partial charge on any atom is -0.388 e. The number of aliphatic hydroxyl groups is 1. The zero-order chi connectivity index (χ0) is 14.7. The SMILES string of the molecule is O=C(NCC1(O)CCCC1)c1cccc(-n2cnnn2)c1. The molecule has 0 saturated heterocycles. The third-order valence-corrected chi connectivity index (χ3v) is 3.83. The molecule has 0 unspecified atom stereocenters. The van der Waals surface area contributed by atoms with Gasteiger partial charge in [0, 0.05) is 12.1 Å². The van der Waals surface area contributed by atoms with E-state index in [0.29, 0.717) is 17.8 Å². The Labute approximate surface area is 122 Å². The molecular formula is C14H17N5O2. The van der Waals surface area contributed by atoms with E-state index in [4.69, 9.17) is 0 Å². The fraction of sp³-hybridized carbons (Fsp3) is 0.429. The van der Waals surface area contributed by atoms with Gasteiger partial charge in [-0.05, 0) is 41.5 Å². The van der Waals surface area contributed by atoms with E-state index < -0.39 is 5.60 Å². The molecule has 0 radical (unpaired) electrons. The number of aromatic nitrogens is 4. The minimum absolute atomic E-state index is 0.203. The monoisotopic (exact) mass is 287 g/mol. The van der Waals surface area contributed by atoms with Gasteiger partial charge in [-0.3, -0.25) is 4.79 Å². The van der Waals surface area contributed by atoms with Crippen LogP contribution in [0.3, 0.4) is 0 Å². The third-order valence-electron chi connectivity index (χ3n) is 3.83. The Balaban J connectivity index is 1.69. The Morgan fingerprint density at radius 1 is 1.38 bits per heavy atom. The van der Waals surface area contributed by atoms with E-state index in [1.807, 2.05) is 6.07 Å². The van der Waals surface area contributed by atoms with Crippen LogP contribution in [-0.4, -0.2) is 43.4 Å². The van der Waals surface area contributed by atoms with E-state index in [1.165, 1.54) is 11.0 Å². The molecule has 1 aromatic heterocycles. The summed E-state index contributed by atoms with van der Waals surface area (Å²) >= 11 is 0. The molecule has 1 aliphatic carbocycles. The largest absolute Gasteiger partial charge is 0.388 e. The van der Waals surface area contributed by atoms with Crippen LogP contribution in [-0.2, 0) is 0 Å². The molecule has 7 heteroatoms. The molecule has 1 aliphatic rings. The van der Waals surface area contributed by atoms with Crippen molar-refractivity contribution in [2.24, 2.45) is 0 Å². The summed E-state index contributed by atoms with van der Waals surface area (Å²) < 4.78 is 1.49. The summed E-state index contributed by atoms with van der Waals surface area (Å²) in [6, 6.07) is 7.03. The van der Waals surface area contributed by atoms with Crippen LogP contribution in [0.25, 0.3) is 5.69 Å². The molecule has 1 aromatic carbocycles. The molecule has 0 spiro atoms. The van der Waals surface area contributed by atoms with Gasteiger partial charge < -0.3 is 10.4 Å². The van der Waals surface area contributed by atoms with Crippen molar-refractivity contribution in [3.05, 3.63) is 36.2 Å². The predicted molar refractivity (Wildman–Crippen MR) is 74.9 cm³/mol. The summed E-state index contributed by atoms with van der Waals surface area (Å²) in [5.74, 6) is -0.203. The molecular weight excluding hydrogens is 270 g/mol. The first-order valence-corrected chi connectivity index (χ1v) is 7.00. The van der Waals surface area contributed by atoms with Crippen LogP contribution in [0.2, 0.25) is 0 Å². The van der Waals surface area contributed by atoms with E-state index in [9.17, 15) is 9.90 Å². The molecule has 0 bridgehead atoms. The van der Waals surface area contributed by atoms with Crippen LogP contribution >= 0.6 is 0 Å². The van der Waals surface area contributed by atoms with Crippen molar-refractivity contribution in [3.63, 3.8) is 0 Å². The van der Waals surface area contributed by atoms with Crippen molar-refractivity contribution in [3.8, 4) is 5.69 Å². The molecule has 1 amide bonds. The van der Waals surface area contributed by atoms with Gasteiger partial charge in [-0.1, -0.05) is 18.9 Å². The van der Waals surface area contributed by atoms with Gasteiger partial charge in [0.1, 0.15) is 6.33 Å². The summed E-state index contributed by atoms with van der Waals surface area (Å²) in [6.45, 7) is 0.293. The van der Waals surface area contributed by atoms with E-state index in [0.717, 1.165) is 25.7 Å². The van der Waals surface area contributed by atoms with Gasteiger partial charge in [-0.15, -0.1) is 5.10 Å².